The van der Waals surface area contributed by atoms with Gasteiger partial charge in [-0.2, -0.15) is 5.10 Å². The highest BCUT2D eigenvalue weighted by atomic mass is 32.2. The Bertz CT molecular complexity index is 1220. The van der Waals surface area contributed by atoms with Crippen molar-refractivity contribution in [3.63, 3.8) is 0 Å². The number of anilines is 2. The summed E-state index contributed by atoms with van der Waals surface area (Å²) >= 11 is 0. The van der Waals surface area contributed by atoms with Crippen molar-refractivity contribution in [2.45, 2.75) is 11.8 Å². The van der Waals surface area contributed by atoms with Gasteiger partial charge in [0.1, 0.15) is 11.4 Å². The van der Waals surface area contributed by atoms with Crippen molar-refractivity contribution in [3.05, 3.63) is 88.0 Å². The molecule has 31 heavy (non-hydrogen) atoms. The summed E-state index contributed by atoms with van der Waals surface area (Å²) in [5, 5.41) is 15.5. The molecule has 0 unspecified atom stereocenters. The summed E-state index contributed by atoms with van der Waals surface area (Å²) in [5.74, 6) is 0.570. The maximum absolute atomic E-state index is 12.7. The topological polar surface area (TPSA) is 123 Å². The first kappa shape index (κ1) is 21.8. The van der Waals surface area contributed by atoms with Gasteiger partial charge in [0.05, 0.1) is 23.1 Å². The number of hydrogen-bond donors (Lipinski definition) is 2. The number of rotatable bonds is 8. The SMILES string of the molecule is COc1ccc(NS(=O)(=O)c2ccc(N/N=C\c3cccc(C)c3)c([N+](=O)[O-])c2)cc1. The predicted octanol–water partition coefficient (Wildman–Crippen LogP) is 4.16. The Morgan fingerprint density at radius 3 is 2.45 bits per heavy atom. The van der Waals surface area contributed by atoms with Crippen LogP contribution in [0.2, 0.25) is 0 Å². The molecule has 0 saturated heterocycles. The van der Waals surface area contributed by atoms with E-state index in [1.54, 1.807) is 12.1 Å². The van der Waals surface area contributed by atoms with Crippen LogP contribution in [0.15, 0.2) is 76.7 Å². The number of aryl methyl sites for hydroxylation is 1. The van der Waals surface area contributed by atoms with E-state index in [0.29, 0.717) is 11.4 Å². The third-order valence-electron chi connectivity index (χ3n) is 4.26. The van der Waals surface area contributed by atoms with Crippen molar-refractivity contribution < 1.29 is 18.1 Å². The molecule has 0 heterocycles. The number of nitro groups is 1. The van der Waals surface area contributed by atoms with Gasteiger partial charge in [0.15, 0.2) is 0 Å². The number of benzene rings is 3. The maximum Gasteiger partial charge on any atom is 0.295 e. The van der Waals surface area contributed by atoms with Crippen molar-refractivity contribution in [2.24, 2.45) is 5.10 Å². The summed E-state index contributed by atoms with van der Waals surface area (Å²) in [7, 11) is -2.54. The quantitative estimate of drug-likeness (QED) is 0.308. The molecule has 0 atom stereocenters. The number of nitro benzene ring substituents is 1. The van der Waals surface area contributed by atoms with Gasteiger partial charge in [-0.25, -0.2) is 8.42 Å². The lowest BCUT2D eigenvalue weighted by Gasteiger charge is -2.10. The zero-order valence-corrected chi connectivity index (χ0v) is 17.6. The van der Waals surface area contributed by atoms with Crippen LogP contribution in [0.3, 0.4) is 0 Å². The number of hydrazone groups is 1. The molecule has 0 amide bonds. The normalized spacial score (nSPS) is 11.3. The zero-order chi connectivity index (χ0) is 22.4. The van der Waals surface area contributed by atoms with Crippen LogP contribution >= 0.6 is 0 Å². The second-order valence-electron chi connectivity index (χ2n) is 6.55. The largest absolute Gasteiger partial charge is 0.497 e. The first-order valence-corrected chi connectivity index (χ1v) is 10.6. The summed E-state index contributed by atoms with van der Waals surface area (Å²) in [6.45, 7) is 1.94. The molecule has 0 aliphatic heterocycles. The lowest BCUT2D eigenvalue weighted by atomic mass is 10.2. The Morgan fingerprint density at radius 1 is 1.06 bits per heavy atom. The molecule has 10 heteroatoms. The fourth-order valence-corrected chi connectivity index (χ4v) is 3.80. The monoisotopic (exact) mass is 440 g/mol. The van der Waals surface area contributed by atoms with Crippen LogP contribution in [0.1, 0.15) is 11.1 Å². The molecule has 9 nitrogen and oxygen atoms in total. The third kappa shape index (κ3) is 5.58. The molecule has 2 N–H and O–H groups in total. The first-order valence-electron chi connectivity index (χ1n) is 9.09. The number of nitrogens with one attached hydrogen (secondary N) is 2. The molecule has 0 spiro atoms. The van der Waals surface area contributed by atoms with Gasteiger partial charge in [-0.05, 0) is 48.9 Å². The second kappa shape index (κ2) is 9.26. The molecule has 3 aromatic rings. The van der Waals surface area contributed by atoms with Gasteiger partial charge >= 0.3 is 0 Å². The van der Waals surface area contributed by atoms with Gasteiger partial charge < -0.3 is 4.74 Å². The van der Waals surface area contributed by atoms with Crippen LogP contribution < -0.4 is 14.9 Å². The number of nitrogens with zero attached hydrogens (tertiary/aromatic N) is 2. The molecule has 3 aromatic carbocycles. The molecular weight excluding hydrogens is 420 g/mol. The minimum Gasteiger partial charge on any atom is -0.497 e. The highest BCUT2D eigenvalue weighted by Gasteiger charge is 2.21. The van der Waals surface area contributed by atoms with Crippen molar-refractivity contribution in [1.29, 1.82) is 0 Å². The van der Waals surface area contributed by atoms with E-state index in [1.165, 1.54) is 37.6 Å². The Morgan fingerprint density at radius 2 is 1.81 bits per heavy atom. The van der Waals surface area contributed by atoms with Crippen LogP contribution in [-0.2, 0) is 10.0 Å². The molecule has 0 aliphatic rings. The smallest absolute Gasteiger partial charge is 0.295 e. The molecule has 0 saturated carbocycles. The van der Waals surface area contributed by atoms with E-state index < -0.39 is 20.6 Å². The summed E-state index contributed by atoms with van der Waals surface area (Å²) in [4.78, 5) is 10.6. The van der Waals surface area contributed by atoms with E-state index >= 15 is 0 Å². The van der Waals surface area contributed by atoms with Crippen LogP contribution in [0.4, 0.5) is 17.1 Å². The van der Waals surface area contributed by atoms with E-state index in [9.17, 15) is 18.5 Å². The number of sulfonamides is 1. The summed E-state index contributed by atoms with van der Waals surface area (Å²) in [6.07, 6.45) is 1.52. The molecule has 0 aliphatic carbocycles. The fourth-order valence-electron chi connectivity index (χ4n) is 2.72. The lowest BCUT2D eigenvalue weighted by molar-refractivity contribution is -0.384. The molecule has 0 radical (unpaired) electrons. The molecule has 3 rings (SSSR count). The van der Waals surface area contributed by atoms with Crippen molar-refractivity contribution in [2.75, 3.05) is 17.3 Å². The van der Waals surface area contributed by atoms with Gasteiger partial charge in [-0.3, -0.25) is 20.3 Å². The van der Waals surface area contributed by atoms with E-state index in [0.717, 1.165) is 17.2 Å². The van der Waals surface area contributed by atoms with Gasteiger partial charge in [0.2, 0.25) is 0 Å². The molecule has 0 aromatic heterocycles. The van der Waals surface area contributed by atoms with Crippen LogP contribution in [0, 0.1) is 17.0 Å². The van der Waals surface area contributed by atoms with Crippen LogP contribution in [-0.4, -0.2) is 26.7 Å². The minimum atomic E-state index is -4.04. The molecule has 0 bridgehead atoms. The third-order valence-corrected chi connectivity index (χ3v) is 5.64. The number of hydrogen-bond acceptors (Lipinski definition) is 7. The molecule has 160 valence electrons. The van der Waals surface area contributed by atoms with E-state index in [2.05, 4.69) is 15.2 Å². The summed E-state index contributed by atoms with van der Waals surface area (Å²) < 4.78 is 32.7. The van der Waals surface area contributed by atoms with Crippen LogP contribution in [0.5, 0.6) is 5.75 Å². The summed E-state index contributed by atoms with van der Waals surface area (Å²) in [6, 6.07) is 17.4. The highest BCUT2D eigenvalue weighted by Crippen LogP contribution is 2.29. The van der Waals surface area contributed by atoms with Gasteiger partial charge in [0, 0.05) is 11.8 Å². The number of ether oxygens (including phenoxy) is 1. The Kier molecular flexibility index (Phi) is 6.51. The highest BCUT2D eigenvalue weighted by molar-refractivity contribution is 7.92. The van der Waals surface area contributed by atoms with Crippen LogP contribution in [0.25, 0.3) is 0 Å². The number of methoxy groups -OCH3 is 1. The zero-order valence-electron chi connectivity index (χ0n) is 16.8. The average Bonchev–Trinajstić information content (AvgIpc) is 2.74. The predicted molar refractivity (Wildman–Crippen MR) is 119 cm³/mol. The van der Waals surface area contributed by atoms with E-state index in [4.69, 9.17) is 4.74 Å². The first-order chi connectivity index (χ1) is 14.8. The fraction of sp³-hybridized carbons (Fsp3) is 0.0952. The summed E-state index contributed by atoms with van der Waals surface area (Å²) in [5.41, 5.74) is 4.42. The van der Waals surface area contributed by atoms with E-state index in [-0.39, 0.29) is 10.6 Å². The van der Waals surface area contributed by atoms with Crippen molar-refractivity contribution >= 4 is 33.3 Å². The van der Waals surface area contributed by atoms with E-state index in [1.807, 2.05) is 31.2 Å². The van der Waals surface area contributed by atoms with Gasteiger partial charge in [-0.1, -0.05) is 29.8 Å². The van der Waals surface area contributed by atoms with Gasteiger partial charge in [0.25, 0.3) is 15.7 Å². The lowest BCUT2D eigenvalue weighted by Crippen LogP contribution is -2.13. The van der Waals surface area contributed by atoms with Gasteiger partial charge in [-0.15, -0.1) is 0 Å². The second-order valence-corrected chi connectivity index (χ2v) is 8.24. The Hall–Kier alpha value is -3.92. The average molecular weight is 440 g/mol. The standard InChI is InChI=1S/C21H20N4O5S/c1-15-4-3-5-16(12-15)14-22-23-20-11-10-19(13-21(20)25(26)27)31(28,29)24-17-6-8-18(30-2)9-7-17/h3-14,23-24H,1-2H3/b22-14-. The Balaban J connectivity index is 1.82. The maximum atomic E-state index is 12.7. The van der Waals surface area contributed by atoms with Crippen molar-refractivity contribution in [3.8, 4) is 5.75 Å². The minimum absolute atomic E-state index is 0.0669. The molecule has 0 fully saturated rings. The van der Waals surface area contributed by atoms with Crippen molar-refractivity contribution in [1.82, 2.24) is 0 Å². The Labute approximate surface area is 179 Å². The molecular formula is C21H20N4O5S.